The van der Waals surface area contributed by atoms with E-state index in [0.717, 1.165) is 32.3 Å². The predicted octanol–water partition coefficient (Wildman–Crippen LogP) is 4.66. The molecule has 0 saturated heterocycles. The largest absolute Gasteiger partial charge is 0.457 e. The topological polar surface area (TPSA) is 47.0 Å². The van der Waals surface area contributed by atoms with E-state index >= 15 is 0 Å². The summed E-state index contributed by atoms with van der Waals surface area (Å²) in [5.41, 5.74) is 1.14. The van der Waals surface area contributed by atoms with E-state index in [4.69, 9.17) is 4.74 Å². The zero-order chi connectivity index (χ0) is 15.2. The Morgan fingerprint density at radius 2 is 1.82 bits per heavy atom. The molecule has 0 fully saturated rings. The van der Waals surface area contributed by atoms with Crippen LogP contribution in [-0.2, 0) is 5.75 Å². The van der Waals surface area contributed by atoms with Gasteiger partial charge < -0.3 is 10.1 Å². The maximum absolute atomic E-state index is 5.97. The fourth-order valence-corrected chi connectivity index (χ4v) is 3.54. The summed E-state index contributed by atoms with van der Waals surface area (Å²) in [6.45, 7) is 0. The van der Waals surface area contributed by atoms with Gasteiger partial charge in [-0.1, -0.05) is 59.5 Å². The van der Waals surface area contributed by atoms with Crippen LogP contribution in [0, 0.1) is 0 Å². The number of thioether (sulfide) groups is 1. The van der Waals surface area contributed by atoms with Crippen LogP contribution in [0.4, 0.5) is 5.13 Å². The quantitative estimate of drug-likeness (QED) is 0.666. The van der Waals surface area contributed by atoms with Crippen LogP contribution in [0.15, 0.2) is 58.9 Å². The second-order valence-corrected chi connectivity index (χ2v) is 6.63. The normalized spacial score (nSPS) is 10.4. The van der Waals surface area contributed by atoms with Gasteiger partial charge >= 0.3 is 0 Å². The molecule has 0 unspecified atom stereocenters. The van der Waals surface area contributed by atoms with Crippen LogP contribution >= 0.6 is 23.1 Å². The molecule has 6 heteroatoms. The van der Waals surface area contributed by atoms with E-state index in [1.165, 1.54) is 0 Å². The zero-order valence-corrected chi connectivity index (χ0v) is 13.7. The van der Waals surface area contributed by atoms with Crippen molar-refractivity contribution < 1.29 is 4.74 Å². The van der Waals surface area contributed by atoms with Crippen LogP contribution in [0.3, 0.4) is 0 Å². The molecule has 0 aliphatic heterocycles. The van der Waals surface area contributed by atoms with Gasteiger partial charge in [0.1, 0.15) is 11.5 Å². The number of benzene rings is 2. The van der Waals surface area contributed by atoms with E-state index in [2.05, 4.69) is 21.6 Å². The first-order valence-electron chi connectivity index (χ1n) is 6.80. The molecule has 1 aromatic heterocycles. The van der Waals surface area contributed by atoms with Gasteiger partial charge in [-0.05, 0) is 18.2 Å². The van der Waals surface area contributed by atoms with E-state index < -0.39 is 0 Å². The van der Waals surface area contributed by atoms with Crippen LogP contribution in [0.2, 0.25) is 0 Å². The summed E-state index contributed by atoms with van der Waals surface area (Å²) in [7, 11) is 1.85. The van der Waals surface area contributed by atoms with Gasteiger partial charge in [-0.15, -0.1) is 10.2 Å². The molecular formula is C16H15N3OS2. The third-order valence-corrected chi connectivity index (χ3v) is 5.04. The number of hydrogen-bond donors (Lipinski definition) is 1. The molecule has 1 N–H and O–H groups in total. The highest BCUT2D eigenvalue weighted by Crippen LogP contribution is 2.32. The molecule has 3 rings (SSSR count). The lowest BCUT2D eigenvalue weighted by Gasteiger charge is -2.10. The molecule has 0 aliphatic rings. The van der Waals surface area contributed by atoms with E-state index in [-0.39, 0.29) is 0 Å². The number of hydrogen-bond acceptors (Lipinski definition) is 6. The van der Waals surface area contributed by atoms with Crippen molar-refractivity contribution in [2.75, 3.05) is 12.4 Å². The lowest BCUT2D eigenvalue weighted by Crippen LogP contribution is -1.90. The Balaban J connectivity index is 1.71. The summed E-state index contributed by atoms with van der Waals surface area (Å²) < 4.78 is 6.91. The van der Waals surface area contributed by atoms with E-state index in [1.54, 1.807) is 23.1 Å². The monoisotopic (exact) mass is 329 g/mol. The molecule has 0 atom stereocenters. The Morgan fingerprint density at radius 1 is 1.05 bits per heavy atom. The molecule has 22 heavy (non-hydrogen) atoms. The van der Waals surface area contributed by atoms with Crippen LogP contribution in [-0.4, -0.2) is 17.2 Å². The van der Waals surface area contributed by atoms with Crippen molar-refractivity contribution in [3.8, 4) is 11.5 Å². The third-order valence-electron chi connectivity index (χ3n) is 2.92. The number of ether oxygens (including phenoxy) is 1. The molecule has 1 heterocycles. The third kappa shape index (κ3) is 3.78. The van der Waals surface area contributed by atoms with Gasteiger partial charge in [0, 0.05) is 18.4 Å². The van der Waals surface area contributed by atoms with Crippen molar-refractivity contribution >= 4 is 28.2 Å². The minimum Gasteiger partial charge on any atom is -0.457 e. The molecule has 0 bridgehead atoms. The molecule has 112 valence electrons. The molecule has 0 spiro atoms. The Bertz CT molecular complexity index is 731. The first-order chi connectivity index (χ1) is 10.8. The molecule has 0 aliphatic carbocycles. The van der Waals surface area contributed by atoms with E-state index in [9.17, 15) is 0 Å². The minimum atomic E-state index is 0.793. The standard InChI is InChI=1S/C16H15N3OS2/c1-17-15-18-19-16(22-15)21-11-12-7-5-6-10-14(12)20-13-8-3-2-4-9-13/h2-10H,11H2,1H3,(H,17,18). The number of anilines is 1. The molecule has 0 saturated carbocycles. The summed E-state index contributed by atoms with van der Waals surface area (Å²) in [6.07, 6.45) is 0. The zero-order valence-electron chi connectivity index (χ0n) is 12.0. The van der Waals surface area contributed by atoms with Gasteiger partial charge in [0.15, 0.2) is 4.34 Å². The van der Waals surface area contributed by atoms with Crippen LogP contribution in [0.1, 0.15) is 5.56 Å². The van der Waals surface area contributed by atoms with Gasteiger partial charge in [-0.2, -0.15) is 0 Å². The second-order valence-electron chi connectivity index (χ2n) is 4.43. The van der Waals surface area contributed by atoms with Gasteiger partial charge in [-0.25, -0.2) is 0 Å². The maximum atomic E-state index is 5.97. The Labute approximate surface area is 137 Å². The minimum absolute atomic E-state index is 0.793. The van der Waals surface area contributed by atoms with Gasteiger partial charge in [0.25, 0.3) is 0 Å². The second kappa shape index (κ2) is 7.29. The Kier molecular flexibility index (Phi) is 4.92. The average molecular weight is 329 g/mol. The molecule has 0 radical (unpaired) electrons. The number of aromatic nitrogens is 2. The fraction of sp³-hybridized carbons (Fsp3) is 0.125. The van der Waals surface area contributed by atoms with Crippen molar-refractivity contribution in [2.45, 2.75) is 10.1 Å². The molecule has 3 aromatic rings. The lowest BCUT2D eigenvalue weighted by molar-refractivity contribution is 0.478. The molecule has 2 aromatic carbocycles. The fourth-order valence-electron chi connectivity index (χ4n) is 1.85. The first kappa shape index (κ1) is 14.9. The highest BCUT2D eigenvalue weighted by molar-refractivity contribution is 8.00. The number of rotatable bonds is 6. The summed E-state index contributed by atoms with van der Waals surface area (Å²) in [5, 5.41) is 12.0. The number of para-hydroxylation sites is 2. The average Bonchev–Trinajstić information content (AvgIpc) is 3.03. The first-order valence-corrected chi connectivity index (χ1v) is 8.60. The highest BCUT2D eigenvalue weighted by atomic mass is 32.2. The van der Waals surface area contributed by atoms with Crippen molar-refractivity contribution in [1.82, 2.24) is 10.2 Å². The molecule has 4 nitrogen and oxygen atoms in total. The summed E-state index contributed by atoms with van der Waals surface area (Å²) in [4.78, 5) is 0. The Morgan fingerprint density at radius 3 is 2.59 bits per heavy atom. The van der Waals surface area contributed by atoms with Crippen molar-refractivity contribution in [1.29, 1.82) is 0 Å². The predicted molar refractivity (Wildman–Crippen MR) is 92.0 cm³/mol. The highest BCUT2D eigenvalue weighted by Gasteiger charge is 2.08. The molecular weight excluding hydrogens is 314 g/mol. The van der Waals surface area contributed by atoms with E-state index in [0.29, 0.717) is 0 Å². The van der Waals surface area contributed by atoms with Crippen LogP contribution in [0.25, 0.3) is 0 Å². The van der Waals surface area contributed by atoms with E-state index in [1.807, 2.05) is 55.6 Å². The molecule has 0 amide bonds. The summed E-state index contributed by atoms with van der Waals surface area (Å²) in [5.74, 6) is 2.51. The SMILES string of the molecule is CNc1nnc(SCc2ccccc2Oc2ccccc2)s1. The van der Waals surface area contributed by atoms with Crippen LogP contribution in [0.5, 0.6) is 11.5 Å². The smallest absolute Gasteiger partial charge is 0.206 e. The number of nitrogens with one attached hydrogen (secondary N) is 1. The van der Waals surface area contributed by atoms with Crippen molar-refractivity contribution in [3.63, 3.8) is 0 Å². The lowest BCUT2D eigenvalue weighted by atomic mass is 10.2. The van der Waals surface area contributed by atoms with Crippen molar-refractivity contribution in [2.24, 2.45) is 0 Å². The van der Waals surface area contributed by atoms with Crippen molar-refractivity contribution in [3.05, 3.63) is 60.2 Å². The number of nitrogens with zero attached hydrogens (tertiary/aromatic N) is 2. The Hall–Kier alpha value is -2.05. The van der Waals surface area contributed by atoms with Gasteiger partial charge in [-0.3, -0.25) is 0 Å². The van der Waals surface area contributed by atoms with Gasteiger partial charge in [0.2, 0.25) is 5.13 Å². The summed E-state index contributed by atoms with van der Waals surface area (Å²) >= 11 is 3.21. The van der Waals surface area contributed by atoms with Crippen LogP contribution < -0.4 is 10.1 Å². The summed E-state index contributed by atoms with van der Waals surface area (Å²) in [6, 6.07) is 17.9. The maximum Gasteiger partial charge on any atom is 0.206 e. The van der Waals surface area contributed by atoms with Gasteiger partial charge in [0.05, 0.1) is 0 Å².